The summed E-state index contributed by atoms with van der Waals surface area (Å²) in [6.45, 7) is 9.71. The first-order valence-electron chi connectivity index (χ1n) is 5.31. The molecule has 1 aliphatic rings. The van der Waals surface area contributed by atoms with Gasteiger partial charge in [0.05, 0.1) is 0 Å². The molecule has 0 aromatic heterocycles. The zero-order valence-electron chi connectivity index (χ0n) is 10.0. The highest BCUT2D eigenvalue weighted by molar-refractivity contribution is 6.16. The van der Waals surface area contributed by atoms with Crippen LogP contribution in [0.15, 0.2) is 0 Å². The lowest BCUT2D eigenvalue weighted by molar-refractivity contribution is -0.135. The Labute approximate surface area is 90.6 Å². The molecule has 2 N–H and O–H groups in total. The average Bonchev–Trinajstić information content (AvgIpc) is 2.23. The minimum absolute atomic E-state index is 0.408. The van der Waals surface area contributed by atoms with Crippen molar-refractivity contribution >= 4 is 17.8 Å². The van der Waals surface area contributed by atoms with Gasteiger partial charge in [-0.05, 0) is 6.42 Å². The van der Waals surface area contributed by atoms with Crippen LogP contribution in [0.2, 0.25) is 0 Å². The molecule has 1 saturated heterocycles. The molecule has 0 radical (unpaired) electrons. The van der Waals surface area contributed by atoms with Crippen molar-refractivity contribution in [1.82, 2.24) is 10.6 Å². The van der Waals surface area contributed by atoms with E-state index >= 15 is 0 Å². The Morgan fingerprint density at radius 2 is 1.27 bits per heavy atom. The summed E-state index contributed by atoms with van der Waals surface area (Å²) < 4.78 is 0. The van der Waals surface area contributed by atoms with Crippen molar-refractivity contribution in [2.75, 3.05) is 0 Å². The van der Waals surface area contributed by atoms with E-state index in [1.165, 1.54) is 0 Å². The van der Waals surface area contributed by atoms with Crippen molar-refractivity contribution in [1.29, 1.82) is 0 Å². The van der Waals surface area contributed by atoms with E-state index in [9.17, 15) is 14.4 Å². The van der Waals surface area contributed by atoms with Crippen LogP contribution < -0.4 is 10.6 Å². The summed E-state index contributed by atoms with van der Waals surface area (Å²) in [5.41, 5.74) is 0. The number of carbonyl (C=O) groups is 3. The molecule has 5 nitrogen and oxygen atoms in total. The fraction of sp³-hybridized carbons (Fsp3) is 0.700. The smallest absolute Gasteiger partial charge is 0.277 e. The van der Waals surface area contributed by atoms with Gasteiger partial charge >= 0.3 is 6.03 Å². The van der Waals surface area contributed by atoms with Crippen LogP contribution >= 0.6 is 0 Å². The molecule has 0 unspecified atom stereocenters. The largest absolute Gasteiger partial charge is 0.328 e. The number of urea groups is 1. The van der Waals surface area contributed by atoms with Crippen LogP contribution in [0.5, 0.6) is 0 Å². The molecular weight excluding hydrogens is 196 g/mol. The van der Waals surface area contributed by atoms with Crippen LogP contribution in [0.25, 0.3) is 0 Å². The molecule has 0 saturated carbocycles. The maximum Gasteiger partial charge on any atom is 0.328 e. The zero-order valence-corrected chi connectivity index (χ0v) is 10.0. The van der Waals surface area contributed by atoms with Crippen LogP contribution in [-0.2, 0) is 9.59 Å². The molecule has 1 fully saturated rings. The summed E-state index contributed by atoms with van der Waals surface area (Å²) in [6.07, 6.45) is 0.408. The number of barbiturate groups is 1. The molecule has 0 aromatic rings. The summed E-state index contributed by atoms with van der Waals surface area (Å²) in [5, 5.41) is 4.00. The fourth-order valence-corrected chi connectivity index (χ4v) is 0.919. The van der Waals surface area contributed by atoms with Crippen LogP contribution in [0.1, 0.15) is 41.0 Å². The molecule has 0 aliphatic carbocycles. The topological polar surface area (TPSA) is 75.3 Å². The summed E-state index contributed by atoms with van der Waals surface area (Å²) in [6, 6.07) is -0.732. The van der Waals surface area contributed by atoms with Crippen LogP contribution in [0, 0.1) is 5.92 Å². The Balaban J connectivity index is 0. The van der Waals surface area contributed by atoms with Crippen LogP contribution in [0.3, 0.4) is 0 Å². The van der Waals surface area contributed by atoms with Gasteiger partial charge in [0.25, 0.3) is 0 Å². The normalized spacial score (nSPS) is 15.1. The third-order valence-electron chi connectivity index (χ3n) is 1.51. The molecule has 0 bridgehead atoms. The molecule has 0 spiro atoms. The lowest BCUT2D eigenvalue weighted by Gasteiger charge is -2.18. The Morgan fingerprint density at radius 3 is 1.53 bits per heavy atom. The van der Waals surface area contributed by atoms with Gasteiger partial charge in [0.2, 0.25) is 11.8 Å². The second-order valence-electron chi connectivity index (χ2n) is 2.27. The molecule has 15 heavy (non-hydrogen) atoms. The number of hydrogen-bond acceptors (Lipinski definition) is 3. The van der Waals surface area contributed by atoms with E-state index in [-0.39, 0.29) is 0 Å². The SMILES string of the molecule is CC.CC.CCC1C(=O)NC(=O)NC1=O. The molecule has 0 aromatic carbocycles. The molecular formula is C10H20N2O3. The van der Waals surface area contributed by atoms with E-state index in [0.717, 1.165) is 0 Å². The molecule has 1 aliphatic heterocycles. The molecule has 5 heteroatoms. The van der Waals surface area contributed by atoms with E-state index in [2.05, 4.69) is 0 Å². The third-order valence-corrected chi connectivity index (χ3v) is 1.51. The molecule has 1 rings (SSSR count). The molecule has 0 atom stereocenters. The highest BCUT2D eigenvalue weighted by Crippen LogP contribution is 2.05. The number of hydrogen-bond donors (Lipinski definition) is 2. The maximum absolute atomic E-state index is 10.9. The van der Waals surface area contributed by atoms with E-state index in [1.54, 1.807) is 6.92 Å². The van der Waals surface area contributed by atoms with Crippen molar-refractivity contribution in [3.63, 3.8) is 0 Å². The van der Waals surface area contributed by atoms with Crippen LogP contribution in [0.4, 0.5) is 4.79 Å². The first-order chi connectivity index (χ1) is 7.15. The third kappa shape index (κ3) is 5.15. The number of imide groups is 2. The maximum atomic E-state index is 10.9. The van der Waals surface area contributed by atoms with E-state index in [0.29, 0.717) is 6.42 Å². The summed E-state index contributed by atoms with van der Waals surface area (Å²) in [4.78, 5) is 32.2. The highest BCUT2D eigenvalue weighted by atomic mass is 16.2. The van der Waals surface area contributed by atoms with Gasteiger partial charge in [-0.2, -0.15) is 0 Å². The first-order valence-corrected chi connectivity index (χ1v) is 5.31. The van der Waals surface area contributed by atoms with Crippen molar-refractivity contribution in [2.24, 2.45) is 5.92 Å². The van der Waals surface area contributed by atoms with Crippen LogP contribution in [-0.4, -0.2) is 17.8 Å². The second kappa shape index (κ2) is 9.18. The molecule has 88 valence electrons. The van der Waals surface area contributed by atoms with Gasteiger partial charge in [0.1, 0.15) is 5.92 Å². The lowest BCUT2D eigenvalue weighted by atomic mass is 10.0. The Kier molecular flexibility index (Phi) is 9.82. The van der Waals surface area contributed by atoms with Gasteiger partial charge in [-0.15, -0.1) is 0 Å². The van der Waals surface area contributed by atoms with Crippen molar-refractivity contribution in [2.45, 2.75) is 41.0 Å². The molecule has 1 heterocycles. The van der Waals surface area contributed by atoms with Gasteiger partial charge in [0.15, 0.2) is 0 Å². The Bertz CT molecular complexity index is 207. The van der Waals surface area contributed by atoms with Crippen molar-refractivity contribution < 1.29 is 14.4 Å². The van der Waals surface area contributed by atoms with Gasteiger partial charge in [0, 0.05) is 0 Å². The standard InChI is InChI=1S/C6H8N2O3.2C2H6/c1-2-3-4(9)7-6(11)8-5(3)10;2*1-2/h3H,2H2,1H3,(H2,7,8,9,10,11);2*1-2H3. The van der Waals surface area contributed by atoms with Gasteiger partial charge in [-0.3, -0.25) is 20.2 Å². The van der Waals surface area contributed by atoms with E-state index in [4.69, 9.17) is 0 Å². The minimum atomic E-state index is -0.732. The van der Waals surface area contributed by atoms with E-state index in [1.807, 2.05) is 38.3 Å². The van der Waals surface area contributed by atoms with Crippen molar-refractivity contribution in [3.05, 3.63) is 0 Å². The lowest BCUT2D eigenvalue weighted by Crippen LogP contribution is -2.55. The van der Waals surface area contributed by atoms with Gasteiger partial charge in [-0.1, -0.05) is 34.6 Å². The minimum Gasteiger partial charge on any atom is -0.277 e. The summed E-state index contributed by atoms with van der Waals surface area (Å²) in [5.74, 6) is -1.74. The zero-order chi connectivity index (χ0) is 12.4. The van der Waals surface area contributed by atoms with Gasteiger partial charge in [-0.25, -0.2) is 4.79 Å². The Morgan fingerprint density at radius 1 is 0.933 bits per heavy atom. The predicted octanol–water partition coefficient (Wildman–Crippen LogP) is 1.43. The number of nitrogens with one attached hydrogen (secondary N) is 2. The predicted molar refractivity (Wildman–Crippen MR) is 58.2 cm³/mol. The highest BCUT2D eigenvalue weighted by Gasteiger charge is 2.32. The monoisotopic (exact) mass is 216 g/mol. The summed E-state index contributed by atoms with van der Waals surface area (Å²) in [7, 11) is 0. The first kappa shape index (κ1) is 16.1. The van der Waals surface area contributed by atoms with Gasteiger partial charge < -0.3 is 0 Å². The van der Waals surface area contributed by atoms with Crippen molar-refractivity contribution in [3.8, 4) is 0 Å². The summed E-state index contributed by atoms with van der Waals surface area (Å²) >= 11 is 0. The fourth-order valence-electron chi connectivity index (χ4n) is 0.919. The number of rotatable bonds is 1. The van der Waals surface area contributed by atoms with E-state index < -0.39 is 23.8 Å². The number of amides is 4. The molecule has 4 amide bonds. The Hall–Kier alpha value is -1.39. The number of carbonyl (C=O) groups excluding carboxylic acids is 3. The average molecular weight is 216 g/mol. The quantitative estimate of drug-likeness (QED) is 0.651. The second-order valence-corrected chi connectivity index (χ2v) is 2.27.